The lowest BCUT2D eigenvalue weighted by atomic mass is 10.1. The molecular weight excluding hydrogens is 373 g/mol. The Hall–Kier alpha value is -2.61. The monoisotopic (exact) mass is 386 g/mol. The van der Waals surface area contributed by atoms with Gasteiger partial charge >= 0.3 is 6.18 Å². The van der Waals surface area contributed by atoms with E-state index in [-0.39, 0.29) is 17.3 Å². The summed E-state index contributed by atoms with van der Waals surface area (Å²) in [7, 11) is 0. The molecular formula is C17H14ClF3N2O3. The van der Waals surface area contributed by atoms with Crippen molar-refractivity contribution in [1.29, 1.82) is 0 Å². The molecule has 2 aromatic rings. The number of nitrogens with one attached hydrogen (secondary N) is 2. The van der Waals surface area contributed by atoms with Gasteiger partial charge in [-0.1, -0.05) is 11.6 Å². The van der Waals surface area contributed by atoms with E-state index in [9.17, 15) is 18.0 Å². The van der Waals surface area contributed by atoms with Crippen LogP contribution in [-0.4, -0.2) is 25.7 Å². The van der Waals surface area contributed by atoms with Gasteiger partial charge in [-0.3, -0.25) is 4.79 Å². The molecule has 0 bridgehead atoms. The maximum absolute atomic E-state index is 13.0. The molecule has 26 heavy (non-hydrogen) atoms. The number of halogens is 4. The lowest BCUT2D eigenvalue weighted by Crippen LogP contribution is -2.23. The minimum Gasteiger partial charge on any atom is -0.486 e. The van der Waals surface area contributed by atoms with E-state index < -0.39 is 17.6 Å². The molecule has 0 spiro atoms. The molecule has 1 heterocycles. The molecule has 0 aromatic heterocycles. The Morgan fingerprint density at radius 3 is 2.54 bits per heavy atom. The zero-order valence-corrected chi connectivity index (χ0v) is 14.1. The van der Waals surface area contributed by atoms with Crippen molar-refractivity contribution in [3.05, 3.63) is 47.0 Å². The van der Waals surface area contributed by atoms with Crippen molar-refractivity contribution in [2.45, 2.75) is 6.18 Å². The van der Waals surface area contributed by atoms with E-state index in [0.717, 1.165) is 6.07 Å². The number of ether oxygens (including phenoxy) is 2. The molecule has 5 nitrogen and oxygen atoms in total. The summed E-state index contributed by atoms with van der Waals surface area (Å²) >= 11 is 5.62. The number of amides is 1. The van der Waals surface area contributed by atoms with Crippen molar-refractivity contribution in [3.63, 3.8) is 0 Å². The van der Waals surface area contributed by atoms with Crippen molar-refractivity contribution in [1.82, 2.24) is 0 Å². The van der Waals surface area contributed by atoms with Crippen LogP contribution >= 0.6 is 11.6 Å². The molecule has 0 radical (unpaired) electrons. The molecule has 2 aromatic carbocycles. The first-order valence-corrected chi connectivity index (χ1v) is 8.01. The molecule has 0 unspecified atom stereocenters. The molecule has 0 saturated carbocycles. The third kappa shape index (κ3) is 4.32. The Labute approximate surface area is 152 Å². The predicted octanol–water partition coefficient (Wildman–Crippen LogP) is 4.18. The molecule has 1 amide bonds. The molecule has 0 aliphatic carbocycles. The van der Waals surface area contributed by atoms with Gasteiger partial charge in [0.15, 0.2) is 11.5 Å². The summed E-state index contributed by atoms with van der Waals surface area (Å²) in [6, 6.07) is 8.17. The first kappa shape index (κ1) is 18.2. The lowest BCUT2D eigenvalue weighted by molar-refractivity contribution is -0.137. The zero-order valence-electron chi connectivity index (χ0n) is 13.3. The summed E-state index contributed by atoms with van der Waals surface area (Å²) in [5.41, 5.74) is -0.704. The molecule has 0 atom stereocenters. The van der Waals surface area contributed by atoms with E-state index in [1.807, 2.05) is 0 Å². The Morgan fingerprint density at radius 2 is 1.81 bits per heavy atom. The van der Waals surface area contributed by atoms with Gasteiger partial charge in [0.2, 0.25) is 5.91 Å². The van der Waals surface area contributed by atoms with E-state index in [1.165, 1.54) is 12.1 Å². The topological polar surface area (TPSA) is 59.6 Å². The van der Waals surface area contributed by atoms with Crippen molar-refractivity contribution in [2.75, 3.05) is 30.4 Å². The minimum absolute atomic E-state index is 0.0383. The van der Waals surface area contributed by atoms with Crippen LogP contribution in [0, 0.1) is 0 Å². The highest BCUT2D eigenvalue weighted by Crippen LogP contribution is 2.36. The van der Waals surface area contributed by atoms with Gasteiger partial charge in [-0.25, -0.2) is 0 Å². The standard InChI is InChI=1S/C17H14ClF3N2O3/c18-10-1-3-13(12(7-10)17(19,20)21)22-9-16(24)23-11-2-4-14-15(8-11)26-6-5-25-14/h1-4,7-8,22H,5-6,9H2,(H,23,24). The van der Waals surface area contributed by atoms with Crippen LogP contribution in [-0.2, 0) is 11.0 Å². The largest absolute Gasteiger partial charge is 0.486 e. The van der Waals surface area contributed by atoms with Gasteiger partial charge < -0.3 is 20.1 Å². The second kappa shape index (κ2) is 7.33. The number of benzene rings is 2. The van der Waals surface area contributed by atoms with Gasteiger partial charge in [-0.05, 0) is 30.3 Å². The van der Waals surface area contributed by atoms with Crippen LogP contribution in [0.4, 0.5) is 24.5 Å². The third-order valence-electron chi connectivity index (χ3n) is 3.55. The van der Waals surface area contributed by atoms with E-state index in [0.29, 0.717) is 30.4 Å². The number of anilines is 2. The first-order chi connectivity index (χ1) is 12.3. The van der Waals surface area contributed by atoms with Gasteiger partial charge in [0.25, 0.3) is 0 Å². The maximum Gasteiger partial charge on any atom is 0.418 e. The summed E-state index contributed by atoms with van der Waals surface area (Å²) in [5, 5.41) is 5.03. The van der Waals surface area contributed by atoms with Crippen LogP contribution in [0.15, 0.2) is 36.4 Å². The smallest absolute Gasteiger partial charge is 0.418 e. The second-order valence-electron chi connectivity index (χ2n) is 5.45. The number of fused-ring (bicyclic) bond motifs is 1. The maximum atomic E-state index is 13.0. The number of carbonyl (C=O) groups excluding carboxylic acids is 1. The minimum atomic E-state index is -4.58. The zero-order chi connectivity index (χ0) is 18.7. The van der Waals surface area contributed by atoms with Crippen LogP contribution in [0.2, 0.25) is 5.02 Å². The van der Waals surface area contributed by atoms with Gasteiger partial charge in [0.1, 0.15) is 13.2 Å². The molecule has 1 aliphatic heterocycles. The number of rotatable bonds is 4. The highest BCUT2D eigenvalue weighted by molar-refractivity contribution is 6.30. The molecule has 1 aliphatic rings. The van der Waals surface area contributed by atoms with Crippen LogP contribution in [0.5, 0.6) is 11.5 Å². The number of alkyl halides is 3. The lowest BCUT2D eigenvalue weighted by Gasteiger charge is -2.19. The molecule has 3 rings (SSSR count). The Bertz CT molecular complexity index is 827. The quantitative estimate of drug-likeness (QED) is 0.827. The Balaban J connectivity index is 1.65. The van der Waals surface area contributed by atoms with Crippen molar-refractivity contribution in [2.24, 2.45) is 0 Å². The average Bonchev–Trinajstić information content (AvgIpc) is 2.60. The van der Waals surface area contributed by atoms with Crippen LogP contribution in [0.25, 0.3) is 0 Å². The molecule has 9 heteroatoms. The second-order valence-corrected chi connectivity index (χ2v) is 5.88. The van der Waals surface area contributed by atoms with Crippen molar-refractivity contribution < 1.29 is 27.4 Å². The summed E-state index contributed by atoms with van der Waals surface area (Å²) in [4.78, 5) is 12.0. The number of carbonyl (C=O) groups is 1. The molecule has 138 valence electrons. The fraction of sp³-hybridized carbons (Fsp3) is 0.235. The predicted molar refractivity (Wildman–Crippen MR) is 91.0 cm³/mol. The fourth-order valence-electron chi connectivity index (χ4n) is 2.41. The summed E-state index contributed by atoms with van der Waals surface area (Å²) in [5.74, 6) is 0.562. The molecule has 0 saturated heterocycles. The van der Waals surface area contributed by atoms with Crippen LogP contribution in [0.3, 0.4) is 0 Å². The van der Waals surface area contributed by atoms with Gasteiger partial charge in [0.05, 0.1) is 12.1 Å². The van der Waals surface area contributed by atoms with E-state index in [2.05, 4.69) is 10.6 Å². The average molecular weight is 387 g/mol. The highest BCUT2D eigenvalue weighted by atomic mass is 35.5. The highest BCUT2D eigenvalue weighted by Gasteiger charge is 2.33. The molecule has 0 fully saturated rings. The van der Waals surface area contributed by atoms with Crippen LogP contribution in [0.1, 0.15) is 5.56 Å². The first-order valence-electron chi connectivity index (χ1n) is 7.63. The van der Waals surface area contributed by atoms with Gasteiger partial charge in [-0.15, -0.1) is 0 Å². The van der Waals surface area contributed by atoms with Gasteiger partial charge in [-0.2, -0.15) is 13.2 Å². The summed E-state index contributed by atoms with van der Waals surface area (Å²) in [6.45, 7) is 0.507. The van der Waals surface area contributed by atoms with E-state index >= 15 is 0 Å². The third-order valence-corrected chi connectivity index (χ3v) is 3.79. The normalized spacial score (nSPS) is 13.2. The number of hydrogen-bond donors (Lipinski definition) is 2. The van der Waals surface area contributed by atoms with Gasteiger partial charge in [0, 0.05) is 22.5 Å². The number of hydrogen-bond acceptors (Lipinski definition) is 4. The Kier molecular flexibility index (Phi) is 5.13. The Morgan fingerprint density at radius 1 is 1.08 bits per heavy atom. The van der Waals surface area contributed by atoms with Crippen LogP contribution < -0.4 is 20.1 Å². The van der Waals surface area contributed by atoms with Crippen molar-refractivity contribution >= 4 is 28.9 Å². The van der Waals surface area contributed by atoms with Crippen molar-refractivity contribution in [3.8, 4) is 11.5 Å². The van der Waals surface area contributed by atoms with E-state index in [4.69, 9.17) is 21.1 Å². The van der Waals surface area contributed by atoms with E-state index in [1.54, 1.807) is 18.2 Å². The fourth-order valence-corrected chi connectivity index (χ4v) is 2.58. The molecule has 2 N–H and O–H groups in total. The summed E-state index contributed by atoms with van der Waals surface area (Å²) < 4.78 is 49.9. The SMILES string of the molecule is O=C(CNc1ccc(Cl)cc1C(F)(F)F)Nc1ccc2c(c1)OCCO2. The summed E-state index contributed by atoms with van der Waals surface area (Å²) in [6.07, 6.45) is -4.58.